The summed E-state index contributed by atoms with van der Waals surface area (Å²) in [6, 6.07) is 8.18. The van der Waals surface area contributed by atoms with E-state index in [9.17, 15) is 8.42 Å². The fourth-order valence-corrected chi connectivity index (χ4v) is 2.91. The van der Waals surface area contributed by atoms with Gasteiger partial charge in [0.25, 0.3) is 0 Å². The van der Waals surface area contributed by atoms with Crippen LogP contribution in [0.25, 0.3) is 0 Å². The lowest BCUT2D eigenvalue weighted by molar-refractivity contribution is 0.592. The Balaban J connectivity index is 2.55. The summed E-state index contributed by atoms with van der Waals surface area (Å²) >= 11 is 1.02. The van der Waals surface area contributed by atoms with Gasteiger partial charge in [0.05, 0.1) is 10.3 Å². The average Bonchev–Trinajstić information content (AvgIpc) is 2.72. The summed E-state index contributed by atoms with van der Waals surface area (Å²) in [6.45, 7) is 0. The van der Waals surface area contributed by atoms with Crippen molar-refractivity contribution in [2.45, 2.75) is 9.92 Å². The molecule has 0 atom stereocenters. The standard InChI is InChI=1S/C8H6N2O2S2/c11-14(12,8-6-13-10-9-8)7-4-2-1-3-5-7/h1-6H. The van der Waals surface area contributed by atoms with Crippen LogP contribution in [0.15, 0.2) is 45.6 Å². The van der Waals surface area contributed by atoms with E-state index in [4.69, 9.17) is 0 Å². The van der Waals surface area contributed by atoms with Gasteiger partial charge >= 0.3 is 0 Å². The van der Waals surface area contributed by atoms with Crippen LogP contribution in [0.3, 0.4) is 0 Å². The molecule has 2 aromatic rings. The van der Waals surface area contributed by atoms with E-state index in [1.807, 2.05) is 0 Å². The summed E-state index contributed by atoms with van der Waals surface area (Å²) in [5.41, 5.74) is 0. The molecule has 0 aliphatic rings. The van der Waals surface area contributed by atoms with E-state index in [0.717, 1.165) is 11.5 Å². The minimum Gasteiger partial charge on any atom is -0.217 e. The molecule has 0 fully saturated rings. The van der Waals surface area contributed by atoms with Gasteiger partial charge in [0, 0.05) is 0 Å². The molecule has 0 N–H and O–H groups in total. The Bertz CT molecular complexity index is 506. The van der Waals surface area contributed by atoms with E-state index in [0.29, 0.717) is 0 Å². The average molecular weight is 226 g/mol. The fourth-order valence-electron chi connectivity index (χ4n) is 0.994. The molecule has 14 heavy (non-hydrogen) atoms. The first-order chi connectivity index (χ1) is 6.71. The van der Waals surface area contributed by atoms with Crippen molar-refractivity contribution in [2.75, 3.05) is 0 Å². The second-order valence-electron chi connectivity index (χ2n) is 2.56. The first kappa shape index (κ1) is 9.29. The van der Waals surface area contributed by atoms with Crippen LogP contribution in [-0.4, -0.2) is 18.0 Å². The monoisotopic (exact) mass is 226 g/mol. The van der Waals surface area contributed by atoms with Gasteiger partial charge in [-0.15, -0.1) is 5.10 Å². The fraction of sp³-hybridized carbons (Fsp3) is 0. The number of rotatable bonds is 2. The molecule has 0 aliphatic carbocycles. The van der Waals surface area contributed by atoms with Crippen molar-refractivity contribution in [3.63, 3.8) is 0 Å². The van der Waals surface area contributed by atoms with Crippen LogP contribution in [0.1, 0.15) is 0 Å². The lowest BCUT2D eigenvalue weighted by atomic mass is 10.4. The third kappa shape index (κ3) is 1.53. The normalized spacial score (nSPS) is 11.4. The molecule has 0 aliphatic heterocycles. The highest BCUT2D eigenvalue weighted by atomic mass is 32.2. The molecule has 2 rings (SSSR count). The van der Waals surface area contributed by atoms with Crippen LogP contribution < -0.4 is 0 Å². The van der Waals surface area contributed by atoms with Gasteiger partial charge in [-0.25, -0.2) is 8.42 Å². The van der Waals surface area contributed by atoms with Crippen LogP contribution in [0.4, 0.5) is 0 Å². The Morgan fingerprint density at radius 2 is 1.86 bits per heavy atom. The summed E-state index contributed by atoms with van der Waals surface area (Å²) in [5, 5.41) is 4.97. The van der Waals surface area contributed by atoms with Crippen molar-refractivity contribution in [2.24, 2.45) is 0 Å². The van der Waals surface area contributed by atoms with Gasteiger partial charge < -0.3 is 0 Å². The largest absolute Gasteiger partial charge is 0.226 e. The van der Waals surface area contributed by atoms with E-state index in [-0.39, 0.29) is 9.92 Å². The maximum absolute atomic E-state index is 11.8. The van der Waals surface area contributed by atoms with Gasteiger partial charge in [-0.2, -0.15) is 0 Å². The molecule has 0 bridgehead atoms. The maximum Gasteiger partial charge on any atom is 0.226 e. The van der Waals surface area contributed by atoms with E-state index in [2.05, 4.69) is 9.59 Å². The summed E-state index contributed by atoms with van der Waals surface area (Å²) in [6.07, 6.45) is 0. The van der Waals surface area contributed by atoms with Gasteiger partial charge in [0.1, 0.15) is 0 Å². The molecule has 1 aromatic carbocycles. The van der Waals surface area contributed by atoms with Crippen molar-refractivity contribution in [3.05, 3.63) is 35.7 Å². The Hall–Kier alpha value is -1.27. The first-order valence-corrected chi connectivity index (χ1v) is 6.10. The summed E-state index contributed by atoms with van der Waals surface area (Å²) in [7, 11) is -3.46. The molecule has 0 radical (unpaired) electrons. The molecule has 0 saturated carbocycles. The van der Waals surface area contributed by atoms with E-state index in [1.165, 1.54) is 17.5 Å². The van der Waals surface area contributed by atoms with Crippen LogP contribution in [-0.2, 0) is 9.84 Å². The zero-order valence-electron chi connectivity index (χ0n) is 6.99. The molecule has 4 nitrogen and oxygen atoms in total. The Morgan fingerprint density at radius 3 is 2.43 bits per heavy atom. The van der Waals surface area contributed by atoms with Crippen molar-refractivity contribution in [1.29, 1.82) is 0 Å². The van der Waals surface area contributed by atoms with Gasteiger partial charge in [-0.1, -0.05) is 22.7 Å². The van der Waals surface area contributed by atoms with Gasteiger partial charge in [-0.3, -0.25) is 0 Å². The Kier molecular flexibility index (Phi) is 2.30. The van der Waals surface area contributed by atoms with E-state index < -0.39 is 9.84 Å². The lowest BCUT2D eigenvalue weighted by Crippen LogP contribution is -2.01. The highest BCUT2D eigenvalue weighted by Crippen LogP contribution is 2.18. The van der Waals surface area contributed by atoms with E-state index >= 15 is 0 Å². The second kappa shape index (κ2) is 3.47. The molecule has 1 heterocycles. The Labute approximate surface area is 85.3 Å². The zero-order chi connectivity index (χ0) is 10.0. The van der Waals surface area contributed by atoms with Crippen molar-refractivity contribution in [3.8, 4) is 0 Å². The minimum atomic E-state index is -3.46. The number of sulfone groups is 1. The minimum absolute atomic E-state index is 0.00806. The number of benzene rings is 1. The van der Waals surface area contributed by atoms with Crippen LogP contribution in [0.5, 0.6) is 0 Å². The quantitative estimate of drug-likeness (QED) is 0.776. The highest BCUT2D eigenvalue weighted by Gasteiger charge is 2.19. The first-order valence-electron chi connectivity index (χ1n) is 3.78. The number of hydrogen-bond donors (Lipinski definition) is 0. The zero-order valence-corrected chi connectivity index (χ0v) is 8.62. The van der Waals surface area contributed by atoms with Crippen molar-refractivity contribution >= 4 is 21.4 Å². The van der Waals surface area contributed by atoms with Crippen LogP contribution in [0.2, 0.25) is 0 Å². The predicted molar refractivity (Wildman–Crippen MR) is 51.8 cm³/mol. The molecule has 0 saturated heterocycles. The molecule has 0 unspecified atom stereocenters. The molecule has 0 amide bonds. The van der Waals surface area contributed by atoms with Gasteiger partial charge in [0.2, 0.25) is 9.84 Å². The summed E-state index contributed by atoms with van der Waals surface area (Å²) in [4.78, 5) is 0.243. The third-order valence-electron chi connectivity index (χ3n) is 1.67. The summed E-state index contributed by atoms with van der Waals surface area (Å²) < 4.78 is 27.1. The van der Waals surface area contributed by atoms with E-state index in [1.54, 1.807) is 18.2 Å². The lowest BCUT2D eigenvalue weighted by Gasteiger charge is -1.98. The number of aromatic nitrogens is 2. The number of hydrogen-bond acceptors (Lipinski definition) is 5. The molecule has 6 heteroatoms. The molecule has 1 aromatic heterocycles. The molecular formula is C8H6N2O2S2. The Morgan fingerprint density at radius 1 is 1.14 bits per heavy atom. The van der Waals surface area contributed by atoms with Crippen molar-refractivity contribution in [1.82, 2.24) is 9.59 Å². The van der Waals surface area contributed by atoms with Gasteiger partial charge in [-0.05, 0) is 23.7 Å². The van der Waals surface area contributed by atoms with Crippen LogP contribution >= 0.6 is 11.5 Å². The van der Waals surface area contributed by atoms with Gasteiger partial charge in [0.15, 0.2) is 5.03 Å². The molecule has 72 valence electrons. The summed E-state index contributed by atoms with van der Waals surface area (Å²) in [5.74, 6) is 0. The third-order valence-corrected chi connectivity index (χ3v) is 3.97. The smallest absolute Gasteiger partial charge is 0.217 e. The SMILES string of the molecule is O=S(=O)(c1ccccc1)c1csnn1. The topological polar surface area (TPSA) is 59.9 Å². The number of nitrogens with zero attached hydrogens (tertiary/aromatic N) is 2. The molecule has 0 spiro atoms. The predicted octanol–water partition coefficient (Wildman–Crippen LogP) is 1.37. The van der Waals surface area contributed by atoms with Crippen LogP contribution in [0, 0.1) is 0 Å². The second-order valence-corrected chi connectivity index (χ2v) is 5.07. The molecular weight excluding hydrogens is 220 g/mol. The van der Waals surface area contributed by atoms with Crippen molar-refractivity contribution < 1.29 is 8.42 Å². The highest BCUT2D eigenvalue weighted by molar-refractivity contribution is 7.91. The maximum atomic E-state index is 11.8.